The summed E-state index contributed by atoms with van der Waals surface area (Å²) in [6, 6.07) is 2.65. The molecule has 9 heteroatoms. The van der Waals surface area contributed by atoms with Gasteiger partial charge in [0.25, 0.3) is 0 Å². The van der Waals surface area contributed by atoms with E-state index in [1.54, 1.807) is 0 Å². The number of nitrogen functional groups attached to an aromatic ring is 1. The normalized spacial score (nSPS) is 20.4. The number of benzene rings is 1. The van der Waals surface area contributed by atoms with Gasteiger partial charge in [0.15, 0.2) is 0 Å². The number of primary amides is 1. The van der Waals surface area contributed by atoms with E-state index in [1.807, 2.05) is 0 Å². The molecule has 4 N–H and O–H groups in total. The molecule has 1 saturated heterocycles. The molecule has 0 saturated carbocycles. The van der Waals surface area contributed by atoms with E-state index < -0.39 is 21.8 Å². The molecule has 0 radical (unpaired) electrons. The molecule has 1 aromatic rings. The molecule has 2 rings (SSSR count). The third-order valence-electron chi connectivity index (χ3n) is 3.42. The Hall–Kier alpha value is -1.02. The van der Waals surface area contributed by atoms with Crippen molar-refractivity contribution < 1.29 is 13.2 Å². The van der Waals surface area contributed by atoms with Crippen molar-refractivity contribution in [2.24, 2.45) is 11.7 Å². The predicted molar refractivity (Wildman–Crippen MR) is 81.6 cm³/mol. The fourth-order valence-corrected chi connectivity index (χ4v) is 4.84. The van der Waals surface area contributed by atoms with Crippen molar-refractivity contribution in [3.05, 3.63) is 22.2 Å². The Morgan fingerprint density at radius 1 is 1.33 bits per heavy atom. The SMILES string of the molecule is NC(=O)C1CCCN(S(=O)(=O)c2c(N)cc(Cl)cc2Cl)C1. The van der Waals surface area contributed by atoms with Gasteiger partial charge in [-0.15, -0.1) is 0 Å². The van der Waals surface area contributed by atoms with Gasteiger partial charge in [-0.3, -0.25) is 4.79 Å². The second-order valence-electron chi connectivity index (χ2n) is 4.91. The first kappa shape index (κ1) is 16.4. The molecule has 6 nitrogen and oxygen atoms in total. The van der Waals surface area contributed by atoms with Crippen molar-refractivity contribution in [2.75, 3.05) is 18.8 Å². The molecule has 0 aliphatic carbocycles. The van der Waals surface area contributed by atoms with Gasteiger partial charge >= 0.3 is 0 Å². The number of nitrogens with two attached hydrogens (primary N) is 2. The van der Waals surface area contributed by atoms with Crippen LogP contribution in [0.15, 0.2) is 17.0 Å². The Bertz CT molecular complexity index is 655. The summed E-state index contributed by atoms with van der Waals surface area (Å²) in [5.74, 6) is -1.01. The molecule has 1 unspecified atom stereocenters. The Morgan fingerprint density at radius 2 is 2.00 bits per heavy atom. The van der Waals surface area contributed by atoms with E-state index in [2.05, 4.69) is 0 Å². The van der Waals surface area contributed by atoms with Crippen molar-refractivity contribution in [2.45, 2.75) is 17.7 Å². The number of nitrogens with zero attached hydrogens (tertiary/aromatic N) is 1. The number of anilines is 1. The Kier molecular flexibility index (Phi) is 4.67. The summed E-state index contributed by atoms with van der Waals surface area (Å²) in [7, 11) is -3.90. The number of rotatable bonds is 3. The van der Waals surface area contributed by atoms with E-state index in [0.29, 0.717) is 19.4 Å². The van der Waals surface area contributed by atoms with Crippen LogP contribution in [0.4, 0.5) is 5.69 Å². The summed E-state index contributed by atoms with van der Waals surface area (Å²) in [6.45, 7) is 0.334. The highest BCUT2D eigenvalue weighted by Gasteiger charge is 2.34. The smallest absolute Gasteiger partial charge is 0.246 e. The average Bonchev–Trinajstić information content (AvgIpc) is 2.37. The number of carbonyl (C=O) groups is 1. The lowest BCUT2D eigenvalue weighted by molar-refractivity contribution is -0.122. The fourth-order valence-electron chi connectivity index (χ4n) is 2.37. The highest BCUT2D eigenvalue weighted by atomic mass is 35.5. The minimum atomic E-state index is -3.90. The molecule has 1 heterocycles. The zero-order valence-electron chi connectivity index (χ0n) is 11.1. The van der Waals surface area contributed by atoms with E-state index in [9.17, 15) is 13.2 Å². The molecule has 1 amide bonds. The van der Waals surface area contributed by atoms with Crippen molar-refractivity contribution in [3.8, 4) is 0 Å². The quantitative estimate of drug-likeness (QED) is 0.803. The van der Waals surface area contributed by atoms with E-state index in [0.717, 1.165) is 0 Å². The van der Waals surface area contributed by atoms with E-state index in [4.69, 9.17) is 34.7 Å². The molecule has 1 fully saturated rings. The highest BCUT2D eigenvalue weighted by Crippen LogP contribution is 2.34. The number of carbonyl (C=O) groups excluding carboxylic acids is 1. The van der Waals surface area contributed by atoms with E-state index in [1.165, 1.54) is 16.4 Å². The van der Waals surface area contributed by atoms with Gasteiger partial charge in [0, 0.05) is 18.1 Å². The maximum absolute atomic E-state index is 12.7. The lowest BCUT2D eigenvalue weighted by Gasteiger charge is -2.30. The standard InChI is InChI=1S/C12H15Cl2N3O3S/c13-8-4-9(14)11(10(15)5-8)21(19,20)17-3-1-2-7(6-17)12(16)18/h4-5,7H,1-3,6,15H2,(H2,16,18). The van der Waals surface area contributed by atoms with Gasteiger partial charge in [-0.1, -0.05) is 23.2 Å². The van der Waals surface area contributed by atoms with Crippen LogP contribution in [0.1, 0.15) is 12.8 Å². The third-order valence-corrected chi connectivity index (χ3v) is 6.03. The van der Waals surface area contributed by atoms with E-state index >= 15 is 0 Å². The topological polar surface area (TPSA) is 106 Å². The summed E-state index contributed by atoms with van der Waals surface area (Å²) in [6.07, 6.45) is 1.13. The van der Waals surface area contributed by atoms with Gasteiger partial charge in [0.05, 0.1) is 16.6 Å². The van der Waals surface area contributed by atoms with Crippen molar-refractivity contribution in [1.29, 1.82) is 0 Å². The molecule has 0 bridgehead atoms. The van der Waals surface area contributed by atoms with Crippen LogP contribution in [0.2, 0.25) is 10.0 Å². The zero-order chi connectivity index (χ0) is 15.8. The zero-order valence-corrected chi connectivity index (χ0v) is 13.4. The van der Waals surface area contributed by atoms with Gasteiger partial charge in [0.1, 0.15) is 4.90 Å². The molecule has 0 spiro atoms. The Labute approximate surface area is 133 Å². The van der Waals surface area contributed by atoms with Gasteiger partial charge in [-0.2, -0.15) is 4.31 Å². The van der Waals surface area contributed by atoms with Gasteiger partial charge in [0.2, 0.25) is 15.9 Å². The van der Waals surface area contributed by atoms with Crippen molar-refractivity contribution in [3.63, 3.8) is 0 Å². The molecule has 21 heavy (non-hydrogen) atoms. The molecular formula is C12H15Cl2N3O3S. The fraction of sp³-hybridized carbons (Fsp3) is 0.417. The first-order valence-electron chi connectivity index (χ1n) is 6.27. The lowest BCUT2D eigenvalue weighted by atomic mass is 9.99. The van der Waals surface area contributed by atoms with Crippen LogP contribution in [0, 0.1) is 5.92 Å². The van der Waals surface area contributed by atoms with E-state index in [-0.39, 0.29) is 27.2 Å². The number of halogens is 2. The second-order valence-corrected chi connectivity index (χ2v) is 7.63. The molecule has 1 atom stereocenters. The number of hydrogen-bond acceptors (Lipinski definition) is 4. The van der Waals surface area contributed by atoms with Crippen molar-refractivity contribution >= 4 is 44.8 Å². The predicted octanol–water partition coefficient (Wildman–Crippen LogP) is 1.46. The van der Waals surface area contributed by atoms with Crippen LogP contribution in [-0.4, -0.2) is 31.7 Å². The summed E-state index contributed by atoms with van der Waals surface area (Å²) in [5, 5.41) is 0.214. The third kappa shape index (κ3) is 3.26. The number of piperidine rings is 1. The molecule has 1 aromatic carbocycles. The summed E-state index contributed by atoms with van der Waals surface area (Å²) >= 11 is 11.8. The lowest BCUT2D eigenvalue weighted by Crippen LogP contribution is -2.44. The highest BCUT2D eigenvalue weighted by molar-refractivity contribution is 7.89. The summed E-state index contributed by atoms with van der Waals surface area (Å²) in [5.41, 5.74) is 11.0. The van der Waals surface area contributed by atoms with Crippen LogP contribution < -0.4 is 11.5 Å². The molecule has 1 aliphatic rings. The Morgan fingerprint density at radius 3 is 2.57 bits per heavy atom. The van der Waals surface area contributed by atoms with Gasteiger partial charge < -0.3 is 11.5 Å². The van der Waals surface area contributed by atoms with Crippen LogP contribution in [-0.2, 0) is 14.8 Å². The molecule has 1 aliphatic heterocycles. The van der Waals surface area contributed by atoms with Crippen LogP contribution >= 0.6 is 23.2 Å². The number of hydrogen-bond donors (Lipinski definition) is 2. The minimum absolute atomic E-state index is 0.0197. The largest absolute Gasteiger partial charge is 0.398 e. The molecular weight excluding hydrogens is 337 g/mol. The van der Waals surface area contributed by atoms with Gasteiger partial charge in [-0.25, -0.2) is 8.42 Å². The van der Waals surface area contributed by atoms with Crippen LogP contribution in [0.5, 0.6) is 0 Å². The van der Waals surface area contributed by atoms with Crippen molar-refractivity contribution in [1.82, 2.24) is 4.31 Å². The Balaban J connectivity index is 2.41. The minimum Gasteiger partial charge on any atom is -0.398 e. The molecule has 0 aromatic heterocycles. The second kappa shape index (κ2) is 6.00. The first-order chi connectivity index (χ1) is 9.73. The maximum Gasteiger partial charge on any atom is 0.246 e. The number of sulfonamides is 1. The van der Waals surface area contributed by atoms with Crippen LogP contribution in [0.25, 0.3) is 0 Å². The van der Waals surface area contributed by atoms with Crippen LogP contribution in [0.3, 0.4) is 0 Å². The molecule has 116 valence electrons. The first-order valence-corrected chi connectivity index (χ1v) is 8.47. The average molecular weight is 352 g/mol. The summed E-state index contributed by atoms with van der Waals surface area (Å²) in [4.78, 5) is 11.1. The maximum atomic E-state index is 12.7. The number of amides is 1. The summed E-state index contributed by atoms with van der Waals surface area (Å²) < 4.78 is 26.5. The van der Waals surface area contributed by atoms with Gasteiger partial charge in [-0.05, 0) is 25.0 Å². The monoisotopic (exact) mass is 351 g/mol.